The number of hydrogen-bond donors (Lipinski definition) is 0. The first-order valence-corrected chi connectivity index (χ1v) is 8.52. The van der Waals surface area contributed by atoms with Crippen LogP contribution in [-0.4, -0.2) is 16.5 Å². The lowest BCUT2D eigenvalue weighted by Gasteiger charge is -2.03. The molecule has 0 saturated heterocycles. The number of benzene rings is 2. The van der Waals surface area contributed by atoms with Crippen molar-refractivity contribution >= 4 is 39.1 Å². The first-order valence-electron chi connectivity index (χ1n) is 6.72. The van der Waals surface area contributed by atoms with Gasteiger partial charge in [-0.2, -0.15) is 0 Å². The maximum absolute atomic E-state index is 12.3. The molecule has 0 aliphatic rings. The van der Waals surface area contributed by atoms with Gasteiger partial charge in [-0.15, -0.1) is 11.3 Å². The molecular formula is C17H15NOS2. The molecular weight excluding hydrogens is 298 g/mol. The molecule has 0 spiro atoms. The van der Waals surface area contributed by atoms with Crippen LogP contribution in [0.5, 0.6) is 0 Å². The molecule has 0 unspecified atom stereocenters. The summed E-state index contributed by atoms with van der Waals surface area (Å²) < 4.78 is 2.12. The Kier molecular flexibility index (Phi) is 4.08. The van der Waals surface area contributed by atoms with Crippen LogP contribution in [0.1, 0.15) is 21.5 Å². The van der Waals surface area contributed by atoms with Gasteiger partial charge in [0.15, 0.2) is 10.1 Å². The third kappa shape index (κ3) is 3.17. The van der Waals surface area contributed by atoms with E-state index in [1.54, 1.807) is 11.3 Å². The number of ketones is 1. The molecule has 0 saturated carbocycles. The Morgan fingerprint density at radius 1 is 1.14 bits per heavy atom. The van der Waals surface area contributed by atoms with E-state index < -0.39 is 0 Å². The Hall–Kier alpha value is -1.65. The molecule has 21 heavy (non-hydrogen) atoms. The zero-order valence-electron chi connectivity index (χ0n) is 11.9. The Morgan fingerprint density at radius 2 is 1.95 bits per heavy atom. The highest BCUT2D eigenvalue weighted by molar-refractivity contribution is 8.01. The van der Waals surface area contributed by atoms with E-state index in [-0.39, 0.29) is 5.78 Å². The van der Waals surface area contributed by atoms with Gasteiger partial charge in [0.2, 0.25) is 0 Å². The predicted molar refractivity (Wildman–Crippen MR) is 90.6 cm³/mol. The number of thioether (sulfide) groups is 1. The lowest BCUT2D eigenvalue weighted by molar-refractivity contribution is 0.102. The monoisotopic (exact) mass is 313 g/mol. The molecule has 3 aromatic rings. The highest BCUT2D eigenvalue weighted by atomic mass is 32.2. The molecule has 2 nitrogen and oxygen atoms in total. The molecule has 0 amide bonds. The number of carbonyl (C=O) groups excluding carboxylic acids is 1. The molecule has 0 aliphatic carbocycles. The second kappa shape index (κ2) is 6.00. The number of aryl methyl sites for hydroxylation is 2. The number of hydrogen-bond acceptors (Lipinski definition) is 4. The Labute approximate surface area is 132 Å². The van der Waals surface area contributed by atoms with Gasteiger partial charge in [-0.3, -0.25) is 4.79 Å². The summed E-state index contributed by atoms with van der Waals surface area (Å²) in [4.78, 5) is 16.8. The van der Waals surface area contributed by atoms with Gasteiger partial charge >= 0.3 is 0 Å². The van der Waals surface area contributed by atoms with E-state index in [4.69, 9.17) is 0 Å². The van der Waals surface area contributed by atoms with Gasteiger partial charge < -0.3 is 0 Å². The number of para-hydroxylation sites is 1. The molecule has 2 aromatic carbocycles. The van der Waals surface area contributed by atoms with Crippen LogP contribution in [0.4, 0.5) is 0 Å². The number of rotatable bonds is 4. The Bertz CT molecular complexity index is 774. The standard InChI is InChI=1S/C17H15NOS2/c1-11-7-8-13(9-12(11)2)15(19)10-20-17-18-14-5-3-4-6-16(14)21-17/h3-9H,10H2,1-2H3. The minimum Gasteiger partial charge on any atom is -0.293 e. The summed E-state index contributed by atoms with van der Waals surface area (Å²) >= 11 is 3.16. The van der Waals surface area contributed by atoms with Crippen molar-refractivity contribution in [3.05, 3.63) is 59.2 Å². The van der Waals surface area contributed by atoms with Crippen LogP contribution >= 0.6 is 23.1 Å². The van der Waals surface area contributed by atoms with Gasteiger partial charge in [0, 0.05) is 5.56 Å². The van der Waals surface area contributed by atoms with Gasteiger partial charge in [0.05, 0.1) is 16.0 Å². The molecule has 0 atom stereocenters. The van der Waals surface area contributed by atoms with Crippen molar-refractivity contribution in [1.29, 1.82) is 0 Å². The van der Waals surface area contributed by atoms with Crippen molar-refractivity contribution in [2.45, 2.75) is 18.2 Å². The summed E-state index contributed by atoms with van der Waals surface area (Å²) in [5.41, 5.74) is 4.16. The van der Waals surface area contributed by atoms with E-state index in [1.165, 1.54) is 22.0 Å². The van der Waals surface area contributed by atoms with Crippen molar-refractivity contribution in [2.75, 3.05) is 5.75 Å². The summed E-state index contributed by atoms with van der Waals surface area (Å²) in [6, 6.07) is 13.9. The Balaban J connectivity index is 1.71. The van der Waals surface area contributed by atoms with Crippen LogP contribution in [0.2, 0.25) is 0 Å². The van der Waals surface area contributed by atoms with Crippen molar-refractivity contribution < 1.29 is 4.79 Å². The zero-order chi connectivity index (χ0) is 14.8. The van der Waals surface area contributed by atoms with Crippen molar-refractivity contribution in [3.8, 4) is 0 Å². The minimum atomic E-state index is 0.155. The molecule has 0 radical (unpaired) electrons. The number of fused-ring (bicyclic) bond motifs is 1. The molecule has 1 heterocycles. The first-order chi connectivity index (χ1) is 10.1. The quantitative estimate of drug-likeness (QED) is 0.507. The van der Waals surface area contributed by atoms with Crippen LogP contribution in [-0.2, 0) is 0 Å². The van der Waals surface area contributed by atoms with Gasteiger partial charge in [-0.1, -0.05) is 36.0 Å². The Morgan fingerprint density at radius 3 is 2.71 bits per heavy atom. The second-order valence-corrected chi connectivity index (χ2v) is 7.21. The van der Waals surface area contributed by atoms with Crippen molar-refractivity contribution in [3.63, 3.8) is 0 Å². The fraction of sp³-hybridized carbons (Fsp3) is 0.176. The predicted octanol–water partition coefficient (Wildman–Crippen LogP) is 4.89. The number of carbonyl (C=O) groups is 1. The maximum atomic E-state index is 12.3. The second-order valence-electron chi connectivity index (χ2n) is 4.96. The molecule has 0 bridgehead atoms. The SMILES string of the molecule is Cc1ccc(C(=O)CSc2nc3ccccc3s2)cc1C. The van der Waals surface area contributed by atoms with E-state index in [9.17, 15) is 4.79 Å². The van der Waals surface area contributed by atoms with E-state index in [0.29, 0.717) is 5.75 Å². The molecule has 0 N–H and O–H groups in total. The fourth-order valence-corrected chi connectivity index (χ4v) is 4.00. The average molecular weight is 313 g/mol. The normalized spacial score (nSPS) is 11.0. The van der Waals surface area contributed by atoms with Crippen LogP contribution in [0.15, 0.2) is 46.8 Å². The largest absolute Gasteiger partial charge is 0.293 e. The maximum Gasteiger partial charge on any atom is 0.173 e. The molecule has 0 fully saturated rings. The van der Waals surface area contributed by atoms with E-state index in [1.807, 2.05) is 43.3 Å². The van der Waals surface area contributed by atoms with E-state index in [2.05, 4.69) is 18.0 Å². The fourth-order valence-electron chi connectivity index (χ4n) is 2.04. The van der Waals surface area contributed by atoms with Crippen LogP contribution in [0.3, 0.4) is 0 Å². The summed E-state index contributed by atoms with van der Waals surface area (Å²) in [6.07, 6.45) is 0. The number of Topliss-reactive ketones (excluding diaryl/α,β-unsaturated/α-hetero) is 1. The smallest absolute Gasteiger partial charge is 0.173 e. The summed E-state index contributed by atoms with van der Waals surface area (Å²) in [7, 11) is 0. The van der Waals surface area contributed by atoms with Crippen molar-refractivity contribution in [2.24, 2.45) is 0 Å². The van der Waals surface area contributed by atoms with Gasteiger partial charge in [0.1, 0.15) is 0 Å². The number of aromatic nitrogens is 1. The topological polar surface area (TPSA) is 30.0 Å². The molecule has 106 valence electrons. The highest BCUT2D eigenvalue weighted by Crippen LogP contribution is 2.29. The molecule has 4 heteroatoms. The van der Waals surface area contributed by atoms with E-state index in [0.717, 1.165) is 21.0 Å². The van der Waals surface area contributed by atoms with Gasteiger partial charge in [-0.05, 0) is 43.2 Å². The van der Waals surface area contributed by atoms with Crippen LogP contribution in [0, 0.1) is 13.8 Å². The highest BCUT2D eigenvalue weighted by Gasteiger charge is 2.10. The first kappa shape index (κ1) is 14.3. The third-order valence-electron chi connectivity index (χ3n) is 3.43. The summed E-state index contributed by atoms with van der Waals surface area (Å²) in [5, 5.41) is 0. The summed E-state index contributed by atoms with van der Waals surface area (Å²) in [5.74, 6) is 0.588. The number of thiazole rings is 1. The molecule has 1 aromatic heterocycles. The van der Waals surface area contributed by atoms with Crippen molar-refractivity contribution in [1.82, 2.24) is 4.98 Å². The summed E-state index contributed by atoms with van der Waals surface area (Å²) in [6.45, 7) is 4.09. The number of nitrogens with zero attached hydrogens (tertiary/aromatic N) is 1. The third-order valence-corrected chi connectivity index (χ3v) is 5.61. The zero-order valence-corrected chi connectivity index (χ0v) is 13.6. The average Bonchev–Trinajstić information content (AvgIpc) is 2.90. The lowest BCUT2D eigenvalue weighted by Crippen LogP contribution is -2.03. The van der Waals surface area contributed by atoms with Crippen LogP contribution in [0.25, 0.3) is 10.2 Å². The van der Waals surface area contributed by atoms with Gasteiger partial charge in [0.25, 0.3) is 0 Å². The van der Waals surface area contributed by atoms with Gasteiger partial charge in [-0.25, -0.2) is 4.98 Å². The molecule has 0 aliphatic heterocycles. The van der Waals surface area contributed by atoms with E-state index >= 15 is 0 Å². The molecule has 3 rings (SSSR count). The van der Waals surface area contributed by atoms with Crippen LogP contribution < -0.4 is 0 Å². The lowest BCUT2D eigenvalue weighted by atomic mass is 10.0. The minimum absolute atomic E-state index is 0.155.